The van der Waals surface area contributed by atoms with Crippen molar-refractivity contribution < 1.29 is 9.53 Å². The Kier molecular flexibility index (Phi) is 5.48. The fourth-order valence-electron chi connectivity index (χ4n) is 2.81. The van der Waals surface area contributed by atoms with E-state index in [1.54, 1.807) is 0 Å². The van der Waals surface area contributed by atoms with E-state index in [0.717, 1.165) is 37.7 Å². The standard InChI is InChI=1S/C19H24N4O2/c1-15(2)14-19(24)23-12-10-22(11-13-23)17-8-9-18(21-20-17)25-16-6-4-3-5-7-16/h3-9,15H,10-14H2,1-2H3. The van der Waals surface area contributed by atoms with Crippen molar-refractivity contribution >= 4 is 11.7 Å². The van der Waals surface area contributed by atoms with Gasteiger partial charge >= 0.3 is 0 Å². The van der Waals surface area contributed by atoms with Crippen molar-refractivity contribution in [1.82, 2.24) is 15.1 Å². The molecule has 1 fully saturated rings. The number of nitrogens with zero attached hydrogens (tertiary/aromatic N) is 4. The smallest absolute Gasteiger partial charge is 0.238 e. The van der Waals surface area contributed by atoms with Gasteiger partial charge in [-0.3, -0.25) is 4.79 Å². The van der Waals surface area contributed by atoms with Crippen molar-refractivity contribution in [3.8, 4) is 11.6 Å². The minimum Gasteiger partial charge on any atom is -0.438 e. The van der Waals surface area contributed by atoms with Gasteiger partial charge in [0.25, 0.3) is 0 Å². The van der Waals surface area contributed by atoms with Gasteiger partial charge in [0, 0.05) is 38.7 Å². The molecule has 1 aliphatic rings. The summed E-state index contributed by atoms with van der Waals surface area (Å²) in [6.45, 7) is 7.16. The first-order valence-electron chi connectivity index (χ1n) is 8.71. The molecule has 1 saturated heterocycles. The fraction of sp³-hybridized carbons (Fsp3) is 0.421. The van der Waals surface area contributed by atoms with Crippen LogP contribution in [0.25, 0.3) is 0 Å². The van der Waals surface area contributed by atoms with Crippen molar-refractivity contribution in [3.05, 3.63) is 42.5 Å². The fourth-order valence-corrected chi connectivity index (χ4v) is 2.81. The van der Waals surface area contributed by atoms with Gasteiger partial charge in [0.05, 0.1) is 0 Å². The van der Waals surface area contributed by atoms with Crippen LogP contribution in [0.3, 0.4) is 0 Å². The zero-order chi connectivity index (χ0) is 17.6. The molecule has 6 heteroatoms. The summed E-state index contributed by atoms with van der Waals surface area (Å²) in [5, 5.41) is 8.41. The second-order valence-electron chi connectivity index (χ2n) is 6.61. The first-order chi connectivity index (χ1) is 12.1. The zero-order valence-electron chi connectivity index (χ0n) is 14.8. The Morgan fingerprint density at radius 2 is 1.76 bits per heavy atom. The Balaban J connectivity index is 1.54. The molecule has 1 aliphatic heterocycles. The van der Waals surface area contributed by atoms with Gasteiger partial charge in [0.1, 0.15) is 5.75 Å². The van der Waals surface area contributed by atoms with Crippen molar-refractivity contribution in [1.29, 1.82) is 0 Å². The molecule has 0 spiro atoms. The first-order valence-corrected chi connectivity index (χ1v) is 8.71. The number of piperazine rings is 1. The third kappa shape index (κ3) is 4.68. The van der Waals surface area contributed by atoms with Crippen LogP contribution in [0.2, 0.25) is 0 Å². The molecule has 6 nitrogen and oxygen atoms in total. The van der Waals surface area contributed by atoms with Crippen LogP contribution in [0.1, 0.15) is 20.3 Å². The normalized spacial score (nSPS) is 14.7. The maximum Gasteiger partial charge on any atom is 0.238 e. The molecule has 0 bridgehead atoms. The number of para-hydroxylation sites is 1. The lowest BCUT2D eigenvalue weighted by Crippen LogP contribution is -2.49. The lowest BCUT2D eigenvalue weighted by molar-refractivity contribution is -0.132. The number of amides is 1. The molecule has 25 heavy (non-hydrogen) atoms. The van der Waals surface area contributed by atoms with Crippen LogP contribution < -0.4 is 9.64 Å². The van der Waals surface area contributed by atoms with Gasteiger partial charge in [-0.15, -0.1) is 10.2 Å². The number of aromatic nitrogens is 2. The average Bonchev–Trinajstić information content (AvgIpc) is 2.63. The second-order valence-corrected chi connectivity index (χ2v) is 6.61. The monoisotopic (exact) mass is 340 g/mol. The predicted molar refractivity (Wildman–Crippen MR) is 96.8 cm³/mol. The van der Waals surface area contributed by atoms with Gasteiger partial charge in [-0.25, -0.2) is 0 Å². The summed E-state index contributed by atoms with van der Waals surface area (Å²) >= 11 is 0. The number of anilines is 1. The summed E-state index contributed by atoms with van der Waals surface area (Å²) in [7, 11) is 0. The lowest BCUT2D eigenvalue weighted by Gasteiger charge is -2.35. The highest BCUT2D eigenvalue weighted by Crippen LogP contribution is 2.20. The molecule has 1 aromatic carbocycles. The number of rotatable bonds is 5. The van der Waals surface area contributed by atoms with Crippen LogP contribution in [0.4, 0.5) is 5.82 Å². The molecule has 1 aromatic heterocycles. The number of carbonyl (C=O) groups is 1. The maximum absolute atomic E-state index is 12.1. The number of hydrogen-bond donors (Lipinski definition) is 0. The second kappa shape index (κ2) is 7.96. The van der Waals surface area contributed by atoms with Gasteiger partial charge in [-0.2, -0.15) is 0 Å². The van der Waals surface area contributed by atoms with E-state index in [1.165, 1.54) is 0 Å². The van der Waals surface area contributed by atoms with Crippen LogP contribution in [0.15, 0.2) is 42.5 Å². The Hall–Kier alpha value is -2.63. The molecule has 0 aliphatic carbocycles. The molecule has 2 heterocycles. The largest absolute Gasteiger partial charge is 0.438 e. The molecule has 2 aromatic rings. The van der Waals surface area contributed by atoms with Crippen molar-refractivity contribution in [2.24, 2.45) is 5.92 Å². The summed E-state index contributed by atoms with van der Waals surface area (Å²) in [5.41, 5.74) is 0. The van der Waals surface area contributed by atoms with E-state index in [0.29, 0.717) is 18.2 Å². The van der Waals surface area contributed by atoms with Gasteiger partial charge in [-0.05, 0) is 24.1 Å². The summed E-state index contributed by atoms with van der Waals surface area (Å²) in [4.78, 5) is 16.2. The van der Waals surface area contributed by atoms with E-state index in [4.69, 9.17) is 4.74 Å². The Morgan fingerprint density at radius 3 is 2.36 bits per heavy atom. The van der Waals surface area contributed by atoms with Crippen LogP contribution in [0.5, 0.6) is 11.6 Å². The van der Waals surface area contributed by atoms with Crippen molar-refractivity contribution in [3.63, 3.8) is 0 Å². The number of ether oxygens (including phenoxy) is 1. The SMILES string of the molecule is CC(C)CC(=O)N1CCN(c2ccc(Oc3ccccc3)nn2)CC1. The molecule has 0 atom stereocenters. The summed E-state index contributed by atoms with van der Waals surface area (Å²) in [5.74, 6) is 2.67. The molecule has 0 radical (unpaired) electrons. The number of benzene rings is 1. The Bertz CT molecular complexity index is 680. The highest BCUT2D eigenvalue weighted by Gasteiger charge is 2.22. The van der Waals surface area contributed by atoms with Gasteiger partial charge in [0.15, 0.2) is 5.82 Å². The zero-order valence-corrected chi connectivity index (χ0v) is 14.8. The van der Waals surface area contributed by atoms with Gasteiger partial charge < -0.3 is 14.5 Å². The van der Waals surface area contributed by atoms with E-state index in [-0.39, 0.29) is 5.91 Å². The Labute approximate surface area is 148 Å². The number of hydrogen-bond acceptors (Lipinski definition) is 5. The molecular formula is C19H24N4O2. The van der Waals surface area contributed by atoms with E-state index in [1.807, 2.05) is 47.4 Å². The molecule has 1 amide bonds. The minimum atomic E-state index is 0.243. The molecule has 0 N–H and O–H groups in total. The van der Waals surface area contributed by atoms with Crippen molar-refractivity contribution in [2.45, 2.75) is 20.3 Å². The van der Waals surface area contributed by atoms with E-state index >= 15 is 0 Å². The number of carbonyl (C=O) groups excluding carboxylic acids is 1. The van der Waals surface area contributed by atoms with Gasteiger partial charge in [0.2, 0.25) is 11.8 Å². The molecule has 0 unspecified atom stereocenters. The molecule has 0 saturated carbocycles. The quantitative estimate of drug-likeness (QED) is 0.837. The Morgan fingerprint density at radius 1 is 1.04 bits per heavy atom. The molecule has 132 valence electrons. The topological polar surface area (TPSA) is 58.6 Å². The lowest BCUT2D eigenvalue weighted by atomic mass is 10.1. The van der Waals surface area contributed by atoms with Crippen LogP contribution in [-0.2, 0) is 4.79 Å². The molecule has 3 rings (SSSR count). The van der Waals surface area contributed by atoms with Crippen LogP contribution in [-0.4, -0.2) is 47.2 Å². The van der Waals surface area contributed by atoms with Crippen molar-refractivity contribution in [2.75, 3.05) is 31.1 Å². The third-order valence-electron chi connectivity index (χ3n) is 4.13. The van der Waals surface area contributed by atoms with Gasteiger partial charge in [-0.1, -0.05) is 32.0 Å². The first kappa shape index (κ1) is 17.2. The molecular weight excluding hydrogens is 316 g/mol. The van der Waals surface area contributed by atoms with E-state index in [9.17, 15) is 4.79 Å². The summed E-state index contributed by atoms with van der Waals surface area (Å²) in [6.07, 6.45) is 0.616. The third-order valence-corrected chi connectivity index (χ3v) is 4.13. The average molecular weight is 340 g/mol. The minimum absolute atomic E-state index is 0.243. The highest BCUT2D eigenvalue weighted by molar-refractivity contribution is 5.76. The van der Waals surface area contributed by atoms with E-state index in [2.05, 4.69) is 28.9 Å². The predicted octanol–water partition coefficient (Wildman–Crippen LogP) is 2.96. The van der Waals surface area contributed by atoms with E-state index < -0.39 is 0 Å². The summed E-state index contributed by atoms with van der Waals surface area (Å²) in [6, 6.07) is 13.3. The van der Waals surface area contributed by atoms with Crippen LogP contribution >= 0.6 is 0 Å². The summed E-state index contributed by atoms with van der Waals surface area (Å²) < 4.78 is 5.66. The maximum atomic E-state index is 12.1. The highest BCUT2D eigenvalue weighted by atomic mass is 16.5. The van der Waals surface area contributed by atoms with Crippen LogP contribution in [0, 0.1) is 5.92 Å².